The van der Waals surface area contributed by atoms with Crippen molar-refractivity contribution >= 4 is 23.2 Å². The van der Waals surface area contributed by atoms with E-state index in [1.54, 1.807) is 11.8 Å². The number of fused-ring (bicyclic) bond motifs is 1. The van der Waals surface area contributed by atoms with Gasteiger partial charge in [-0.25, -0.2) is 0 Å². The van der Waals surface area contributed by atoms with Crippen LogP contribution in [0.1, 0.15) is 24.0 Å². The molecule has 2 heterocycles. The molecule has 0 unspecified atom stereocenters. The quantitative estimate of drug-likeness (QED) is 0.359. The number of carbonyl (C=O) groups is 1. The first-order valence-corrected chi connectivity index (χ1v) is 9.08. The number of aromatic nitrogens is 1. The number of thioether (sulfide) groups is 1. The van der Waals surface area contributed by atoms with Crippen molar-refractivity contribution in [2.75, 3.05) is 5.75 Å². The second kappa shape index (κ2) is 8.41. The predicted molar refractivity (Wildman–Crippen MR) is 98.3 cm³/mol. The molecule has 0 aliphatic rings. The van der Waals surface area contributed by atoms with Gasteiger partial charge in [-0.15, -0.1) is 11.8 Å². The van der Waals surface area contributed by atoms with Gasteiger partial charge in [-0.05, 0) is 36.4 Å². The Balaban J connectivity index is 1.47. The fourth-order valence-corrected chi connectivity index (χ4v) is 3.44. The Labute approximate surface area is 151 Å². The molecular formula is C20H18N2O2S. The summed E-state index contributed by atoms with van der Waals surface area (Å²) < 4.78 is 7.21. The van der Waals surface area contributed by atoms with Crippen LogP contribution >= 0.6 is 11.8 Å². The van der Waals surface area contributed by atoms with Crippen molar-refractivity contribution in [1.29, 1.82) is 5.26 Å². The number of nitriles is 1. The van der Waals surface area contributed by atoms with Crippen LogP contribution in [0.3, 0.4) is 0 Å². The van der Waals surface area contributed by atoms with Crippen LogP contribution in [-0.4, -0.2) is 16.1 Å². The second-order valence-corrected chi connectivity index (χ2v) is 6.73. The molecule has 0 radical (unpaired) electrons. The molecule has 25 heavy (non-hydrogen) atoms. The highest BCUT2D eigenvalue weighted by Gasteiger charge is 2.12. The zero-order chi connectivity index (χ0) is 17.5. The summed E-state index contributed by atoms with van der Waals surface area (Å²) in [6, 6.07) is 18.0. The van der Waals surface area contributed by atoms with Crippen molar-refractivity contribution in [2.24, 2.45) is 0 Å². The van der Waals surface area contributed by atoms with Gasteiger partial charge >= 0.3 is 5.97 Å². The molecule has 0 atom stereocenters. The summed E-state index contributed by atoms with van der Waals surface area (Å²) >= 11 is 1.73. The average molecular weight is 350 g/mol. The predicted octanol–water partition coefficient (Wildman–Crippen LogP) is 4.43. The van der Waals surface area contributed by atoms with E-state index in [0.29, 0.717) is 12.0 Å². The molecule has 0 saturated heterocycles. The first-order valence-electron chi connectivity index (χ1n) is 8.10. The highest BCUT2D eigenvalue weighted by atomic mass is 32.2. The molecule has 0 fully saturated rings. The summed E-state index contributed by atoms with van der Waals surface area (Å²) in [5.41, 5.74) is 2.13. The number of nitrogens with zero attached hydrogens (tertiary/aromatic N) is 2. The van der Waals surface area contributed by atoms with Crippen LogP contribution in [0.15, 0.2) is 65.8 Å². The molecule has 0 saturated carbocycles. The molecule has 0 aliphatic carbocycles. The maximum Gasteiger partial charge on any atom is 0.306 e. The number of rotatable bonds is 7. The smallest absolute Gasteiger partial charge is 0.306 e. The van der Waals surface area contributed by atoms with E-state index in [2.05, 4.69) is 18.2 Å². The van der Waals surface area contributed by atoms with Gasteiger partial charge in [-0.2, -0.15) is 5.26 Å². The number of benzene rings is 1. The molecule has 3 aromatic rings. The molecule has 1 aromatic carbocycles. The average Bonchev–Trinajstić information content (AvgIpc) is 3.02. The van der Waals surface area contributed by atoms with E-state index in [1.165, 1.54) is 4.90 Å². The van der Waals surface area contributed by atoms with Gasteiger partial charge in [0.1, 0.15) is 12.7 Å². The summed E-state index contributed by atoms with van der Waals surface area (Å²) in [5, 5.41) is 9.35. The van der Waals surface area contributed by atoms with Crippen molar-refractivity contribution in [2.45, 2.75) is 24.3 Å². The van der Waals surface area contributed by atoms with E-state index in [0.717, 1.165) is 23.3 Å². The van der Waals surface area contributed by atoms with Crippen molar-refractivity contribution in [1.82, 2.24) is 4.40 Å². The lowest BCUT2D eigenvalue weighted by Gasteiger charge is -2.04. The van der Waals surface area contributed by atoms with E-state index >= 15 is 0 Å². The Kier molecular flexibility index (Phi) is 5.76. The summed E-state index contributed by atoms with van der Waals surface area (Å²) in [4.78, 5) is 13.1. The van der Waals surface area contributed by atoms with E-state index in [-0.39, 0.29) is 12.6 Å². The summed E-state index contributed by atoms with van der Waals surface area (Å²) in [6.07, 6.45) is 4.87. The van der Waals surface area contributed by atoms with Gasteiger partial charge in [0.2, 0.25) is 0 Å². The zero-order valence-corrected chi connectivity index (χ0v) is 14.5. The Morgan fingerprint density at radius 3 is 2.76 bits per heavy atom. The maximum atomic E-state index is 11.9. The Bertz CT molecular complexity index is 897. The molecule has 0 spiro atoms. The first-order chi connectivity index (χ1) is 12.3. The van der Waals surface area contributed by atoms with Crippen LogP contribution in [-0.2, 0) is 16.1 Å². The van der Waals surface area contributed by atoms with Gasteiger partial charge in [0.15, 0.2) is 0 Å². The molecule has 0 N–H and O–H groups in total. The fourth-order valence-electron chi connectivity index (χ4n) is 2.57. The first kappa shape index (κ1) is 17.1. The van der Waals surface area contributed by atoms with Crippen LogP contribution < -0.4 is 0 Å². The van der Waals surface area contributed by atoms with Crippen LogP contribution in [0.25, 0.3) is 5.52 Å². The molecule has 4 nitrogen and oxygen atoms in total. The fraction of sp³-hybridized carbons (Fsp3) is 0.200. The Morgan fingerprint density at radius 1 is 1.16 bits per heavy atom. The van der Waals surface area contributed by atoms with E-state index in [4.69, 9.17) is 4.74 Å². The number of carbonyl (C=O) groups excluding carboxylic acids is 1. The summed E-state index contributed by atoms with van der Waals surface area (Å²) in [5.74, 6) is 0.645. The number of ether oxygens (including phenoxy) is 1. The van der Waals surface area contributed by atoms with E-state index < -0.39 is 0 Å². The standard InChI is InChI=1S/C20H18N2O2S/c21-13-18-16(14-22-11-5-4-9-19(18)22)15-24-20(23)10-6-12-25-17-7-2-1-3-8-17/h1-5,7-9,11,14H,6,10,12,15H2. The molecule has 2 aromatic heterocycles. The highest BCUT2D eigenvalue weighted by Crippen LogP contribution is 2.20. The second-order valence-electron chi connectivity index (χ2n) is 5.56. The third kappa shape index (κ3) is 4.43. The van der Waals surface area contributed by atoms with Gasteiger partial charge < -0.3 is 9.14 Å². The van der Waals surface area contributed by atoms with Crippen molar-refractivity contribution in [3.05, 3.63) is 72.1 Å². The van der Waals surface area contributed by atoms with Crippen LogP contribution in [0.4, 0.5) is 0 Å². The van der Waals surface area contributed by atoms with Gasteiger partial charge in [-0.3, -0.25) is 4.79 Å². The molecule has 3 rings (SSSR count). The normalized spacial score (nSPS) is 10.5. The lowest BCUT2D eigenvalue weighted by atomic mass is 10.2. The third-order valence-corrected chi connectivity index (χ3v) is 4.90. The molecule has 0 bridgehead atoms. The topological polar surface area (TPSA) is 54.5 Å². The number of hydrogen-bond donors (Lipinski definition) is 0. The highest BCUT2D eigenvalue weighted by molar-refractivity contribution is 7.99. The SMILES string of the molecule is N#Cc1c(COC(=O)CCCSc2ccccc2)cn2ccccc12. The molecule has 0 aliphatic heterocycles. The third-order valence-electron chi connectivity index (χ3n) is 3.80. The number of pyridine rings is 1. The lowest BCUT2D eigenvalue weighted by molar-refractivity contribution is -0.144. The minimum atomic E-state index is -0.229. The maximum absolute atomic E-state index is 11.9. The lowest BCUT2D eigenvalue weighted by Crippen LogP contribution is -2.05. The van der Waals surface area contributed by atoms with Crippen molar-refractivity contribution in [3.63, 3.8) is 0 Å². The van der Waals surface area contributed by atoms with Crippen LogP contribution in [0.2, 0.25) is 0 Å². The largest absolute Gasteiger partial charge is 0.461 e. The zero-order valence-electron chi connectivity index (χ0n) is 13.7. The number of hydrogen-bond acceptors (Lipinski definition) is 4. The van der Waals surface area contributed by atoms with Gasteiger partial charge in [0.05, 0.1) is 11.1 Å². The Morgan fingerprint density at radius 2 is 1.96 bits per heavy atom. The van der Waals surface area contributed by atoms with Gasteiger partial charge in [0, 0.05) is 29.3 Å². The minimum Gasteiger partial charge on any atom is -0.461 e. The molecule has 126 valence electrons. The van der Waals surface area contributed by atoms with Crippen LogP contribution in [0.5, 0.6) is 0 Å². The van der Waals surface area contributed by atoms with Crippen LogP contribution in [0, 0.1) is 11.3 Å². The monoisotopic (exact) mass is 350 g/mol. The number of esters is 1. The van der Waals surface area contributed by atoms with Gasteiger partial charge in [-0.1, -0.05) is 24.3 Å². The van der Waals surface area contributed by atoms with E-state index in [1.807, 2.05) is 53.2 Å². The Hall–Kier alpha value is -2.71. The molecule has 5 heteroatoms. The van der Waals surface area contributed by atoms with Crippen molar-refractivity contribution in [3.8, 4) is 6.07 Å². The van der Waals surface area contributed by atoms with E-state index in [9.17, 15) is 10.1 Å². The molecule has 0 amide bonds. The summed E-state index contributed by atoms with van der Waals surface area (Å²) in [6.45, 7) is 0.134. The van der Waals surface area contributed by atoms with Gasteiger partial charge in [0.25, 0.3) is 0 Å². The minimum absolute atomic E-state index is 0.134. The molecular weight excluding hydrogens is 332 g/mol. The summed E-state index contributed by atoms with van der Waals surface area (Å²) in [7, 11) is 0. The van der Waals surface area contributed by atoms with Crippen molar-refractivity contribution < 1.29 is 9.53 Å².